The van der Waals surface area contributed by atoms with Gasteiger partial charge < -0.3 is 41.7 Å². The summed E-state index contributed by atoms with van der Waals surface area (Å²) in [5.74, 6) is -0.650. The van der Waals surface area contributed by atoms with E-state index in [9.17, 15) is 9.59 Å². The van der Waals surface area contributed by atoms with E-state index in [1.165, 1.54) is 0 Å². The predicted octanol–water partition coefficient (Wildman–Crippen LogP) is -1.73. The number of carbonyl (C=O) groups excluding carboxylic acids is 2. The van der Waals surface area contributed by atoms with Gasteiger partial charge in [-0.1, -0.05) is 0 Å². The highest BCUT2D eigenvalue weighted by atomic mass is 16.3. The zero-order valence-electron chi connectivity index (χ0n) is 22.4. The fraction of sp³-hybridized carbons (Fsp3) is 0.462. The maximum Gasteiger partial charge on any atom is 0.198 e. The van der Waals surface area contributed by atoms with E-state index in [4.69, 9.17) is 20.4 Å². The number of hydrogen-bond acceptors (Lipinski definition) is 14. The van der Waals surface area contributed by atoms with Gasteiger partial charge in [-0.3, -0.25) is 30.9 Å². The molecule has 0 aromatic heterocycles. The fourth-order valence-electron chi connectivity index (χ4n) is 4.45. The molecule has 0 unspecified atom stereocenters. The Morgan fingerprint density at radius 3 is 0.825 bits per heavy atom. The number of carbonyl (C=O) groups is 2. The summed E-state index contributed by atoms with van der Waals surface area (Å²) in [6.07, 6.45) is 0. The van der Waals surface area contributed by atoms with Crippen molar-refractivity contribution < 1.29 is 30.0 Å². The molecule has 14 heteroatoms. The number of benzene rings is 2. The minimum atomic E-state index is -0.325. The van der Waals surface area contributed by atoms with Crippen LogP contribution in [0, 0.1) is 0 Å². The number of anilines is 4. The van der Waals surface area contributed by atoms with Gasteiger partial charge >= 0.3 is 0 Å². The summed E-state index contributed by atoms with van der Waals surface area (Å²) in [7, 11) is 0. The van der Waals surface area contributed by atoms with Crippen molar-refractivity contribution >= 4 is 34.3 Å². The summed E-state index contributed by atoms with van der Waals surface area (Å²) < 4.78 is 0. The summed E-state index contributed by atoms with van der Waals surface area (Å²) in [5, 5.41) is 60.2. The van der Waals surface area contributed by atoms with E-state index in [1.54, 1.807) is 24.3 Å². The first-order chi connectivity index (χ1) is 19.6. The molecule has 2 aromatic rings. The van der Waals surface area contributed by atoms with Gasteiger partial charge in [-0.05, 0) is 24.3 Å². The maximum atomic E-state index is 14.2. The van der Waals surface area contributed by atoms with Crippen molar-refractivity contribution in [2.24, 2.45) is 0 Å². The van der Waals surface area contributed by atoms with Crippen molar-refractivity contribution in [3.8, 4) is 0 Å². The average Bonchev–Trinajstić information content (AvgIpc) is 2.97. The van der Waals surface area contributed by atoms with Crippen molar-refractivity contribution in [2.75, 3.05) is 101 Å². The van der Waals surface area contributed by atoms with E-state index >= 15 is 0 Å². The third kappa shape index (κ3) is 7.87. The minimum Gasteiger partial charge on any atom is -0.383 e. The van der Waals surface area contributed by atoms with Crippen LogP contribution in [-0.2, 0) is 0 Å². The Kier molecular flexibility index (Phi) is 13.0. The molecule has 0 bridgehead atoms. The van der Waals surface area contributed by atoms with Gasteiger partial charge in [0.2, 0.25) is 0 Å². The van der Waals surface area contributed by atoms with Crippen LogP contribution in [0.4, 0.5) is 22.7 Å². The van der Waals surface area contributed by atoms with Crippen LogP contribution in [-0.4, -0.2) is 111 Å². The molecule has 0 aliphatic heterocycles. The smallest absolute Gasteiger partial charge is 0.198 e. The molecule has 0 atom stereocenters. The number of ketones is 2. The largest absolute Gasteiger partial charge is 0.383 e. The van der Waals surface area contributed by atoms with Gasteiger partial charge in [0.05, 0.1) is 49.2 Å². The van der Waals surface area contributed by atoms with Gasteiger partial charge in [-0.25, -0.2) is 0 Å². The molecule has 0 fully saturated rings. The summed E-state index contributed by atoms with van der Waals surface area (Å²) in [4.78, 5) is 28.5. The fourth-order valence-corrected chi connectivity index (χ4v) is 4.45. The number of rotatable bonds is 20. The Morgan fingerprint density at radius 1 is 0.400 bits per heavy atom. The number of aliphatic hydroxyl groups excluding tert-OH is 4. The molecular formula is C26H40N8O6. The Bertz CT molecular complexity index is 963. The Balaban J connectivity index is 2.07. The standard InChI is InChI=1S/C26H40N8O6/c35-13-27-5-9-31-17-1-2-18(32-10-6-28-14-36)22-21(17)25(39)23-19(33-11-7-29-15-37)3-4-20(24(23)26(22)40)34-12-8-30-16-38/h1-4,27-38H,5-16H2. The normalized spacial score (nSPS) is 12.2. The van der Waals surface area contributed by atoms with E-state index in [2.05, 4.69) is 42.5 Å². The predicted molar refractivity (Wildman–Crippen MR) is 154 cm³/mol. The molecule has 1 aliphatic rings. The lowest BCUT2D eigenvalue weighted by molar-refractivity contribution is 0.0981. The first-order valence-electron chi connectivity index (χ1n) is 13.2. The SMILES string of the molecule is O=C1c2c(NCCNCO)ccc(NCCNCO)c2C(=O)c2c(NCCNCO)ccc(NCCNCO)c21. The lowest BCUT2D eigenvalue weighted by Crippen LogP contribution is -2.30. The minimum absolute atomic E-state index is 0.181. The molecule has 0 heterocycles. The van der Waals surface area contributed by atoms with Gasteiger partial charge in [0.25, 0.3) is 0 Å². The van der Waals surface area contributed by atoms with Gasteiger partial charge in [0.15, 0.2) is 11.6 Å². The quantitative estimate of drug-likeness (QED) is 0.0547. The third-order valence-electron chi connectivity index (χ3n) is 6.24. The molecule has 12 N–H and O–H groups in total. The second-order valence-corrected chi connectivity index (χ2v) is 8.82. The van der Waals surface area contributed by atoms with Crippen molar-refractivity contribution in [1.29, 1.82) is 0 Å². The molecule has 40 heavy (non-hydrogen) atoms. The van der Waals surface area contributed by atoms with Crippen LogP contribution in [0.3, 0.4) is 0 Å². The second kappa shape index (κ2) is 16.7. The molecule has 0 radical (unpaired) electrons. The van der Waals surface area contributed by atoms with Crippen molar-refractivity contribution in [3.63, 3.8) is 0 Å². The maximum absolute atomic E-state index is 14.2. The Labute approximate surface area is 232 Å². The van der Waals surface area contributed by atoms with Gasteiger partial charge in [0.1, 0.15) is 0 Å². The first-order valence-corrected chi connectivity index (χ1v) is 13.2. The highest BCUT2D eigenvalue weighted by molar-refractivity contribution is 6.35. The molecular weight excluding hydrogens is 520 g/mol. The first kappa shape index (κ1) is 31.2. The lowest BCUT2D eigenvalue weighted by atomic mass is 9.80. The number of hydrogen-bond donors (Lipinski definition) is 12. The van der Waals surface area contributed by atoms with Crippen LogP contribution in [0.15, 0.2) is 24.3 Å². The van der Waals surface area contributed by atoms with E-state index < -0.39 is 0 Å². The van der Waals surface area contributed by atoms with Crippen LogP contribution in [0.5, 0.6) is 0 Å². The van der Waals surface area contributed by atoms with Crippen LogP contribution >= 0.6 is 0 Å². The van der Waals surface area contributed by atoms with Crippen LogP contribution in [0.25, 0.3) is 0 Å². The second-order valence-electron chi connectivity index (χ2n) is 8.82. The molecule has 220 valence electrons. The molecule has 3 rings (SSSR count). The zero-order valence-corrected chi connectivity index (χ0v) is 22.4. The molecule has 0 saturated heterocycles. The molecule has 2 aromatic carbocycles. The summed E-state index contributed by atoms with van der Waals surface area (Å²) in [5.41, 5.74) is 2.98. The number of nitrogens with one attached hydrogen (secondary N) is 8. The van der Waals surface area contributed by atoms with E-state index in [0.29, 0.717) is 75.1 Å². The highest BCUT2D eigenvalue weighted by Gasteiger charge is 2.37. The molecule has 14 nitrogen and oxygen atoms in total. The van der Waals surface area contributed by atoms with E-state index in [-0.39, 0.29) is 60.7 Å². The van der Waals surface area contributed by atoms with Crippen LogP contribution in [0.2, 0.25) is 0 Å². The third-order valence-corrected chi connectivity index (χ3v) is 6.24. The molecule has 0 saturated carbocycles. The molecule has 1 aliphatic carbocycles. The lowest BCUT2D eigenvalue weighted by Gasteiger charge is -2.27. The number of fused-ring (bicyclic) bond motifs is 2. The Morgan fingerprint density at radius 2 is 0.625 bits per heavy atom. The van der Waals surface area contributed by atoms with E-state index in [0.717, 1.165) is 0 Å². The van der Waals surface area contributed by atoms with Gasteiger partial charge in [-0.15, -0.1) is 0 Å². The highest BCUT2D eigenvalue weighted by Crippen LogP contribution is 2.41. The van der Waals surface area contributed by atoms with Gasteiger partial charge in [0, 0.05) is 75.1 Å². The van der Waals surface area contributed by atoms with Crippen LogP contribution < -0.4 is 42.5 Å². The van der Waals surface area contributed by atoms with E-state index in [1.807, 2.05) is 0 Å². The molecule has 0 spiro atoms. The Hall–Kier alpha value is -3.34. The van der Waals surface area contributed by atoms with Gasteiger partial charge in [-0.2, -0.15) is 0 Å². The summed E-state index contributed by atoms with van der Waals surface area (Å²) in [6.45, 7) is 2.68. The van der Waals surface area contributed by atoms with Crippen molar-refractivity contribution in [1.82, 2.24) is 21.3 Å². The number of aliphatic hydroxyl groups is 4. The summed E-state index contributed by atoms with van der Waals surface area (Å²) >= 11 is 0. The zero-order chi connectivity index (χ0) is 28.7. The van der Waals surface area contributed by atoms with Crippen LogP contribution in [0.1, 0.15) is 31.8 Å². The molecule has 0 amide bonds. The topological polar surface area (TPSA) is 211 Å². The monoisotopic (exact) mass is 560 g/mol. The average molecular weight is 561 g/mol. The van der Waals surface area contributed by atoms with Crippen molar-refractivity contribution in [3.05, 3.63) is 46.5 Å². The van der Waals surface area contributed by atoms with Crippen molar-refractivity contribution in [2.45, 2.75) is 0 Å². The summed E-state index contributed by atoms with van der Waals surface area (Å²) in [6, 6.07) is 6.99.